The van der Waals surface area contributed by atoms with Gasteiger partial charge in [-0.2, -0.15) is 0 Å². The maximum Gasteiger partial charge on any atom is 0.251 e. The number of carbonyl (C=O) groups excluding carboxylic acids is 1. The zero-order valence-electron chi connectivity index (χ0n) is 13.0. The maximum atomic E-state index is 12.0. The molecule has 0 bridgehead atoms. The van der Waals surface area contributed by atoms with Crippen LogP contribution in [-0.4, -0.2) is 31.2 Å². The number of rotatable bonds is 6. The molecule has 2 rings (SSSR count). The van der Waals surface area contributed by atoms with Crippen molar-refractivity contribution in [1.29, 1.82) is 0 Å². The van der Waals surface area contributed by atoms with Crippen LogP contribution in [0, 0.1) is 0 Å². The minimum atomic E-state index is -0.00101. The summed E-state index contributed by atoms with van der Waals surface area (Å²) in [6.45, 7) is 5.74. The molecule has 1 saturated heterocycles. The van der Waals surface area contributed by atoms with Crippen LogP contribution in [0.25, 0.3) is 0 Å². The van der Waals surface area contributed by atoms with Gasteiger partial charge in [0.1, 0.15) is 0 Å². The summed E-state index contributed by atoms with van der Waals surface area (Å²) < 4.78 is 5.70. The zero-order valence-corrected chi connectivity index (χ0v) is 13.0. The minimum Gasteiger partial charge on any atom is -0.382 e. The topological polar surface area (TPSA) is 50.4 Å². The minimum absolute atomic E-state index is 0.00101. The Hall–Kier alpha value is -1.55. The lowest BCUT2D eigenvalue weighted by Gasteiger charge is -2.30. The van der Waals surface area contributed by atoms with Gasteiger partial charge in [0.15, 0.2) is 0 Å². The average Bonchev–Trinajstić information content (AvgIpc) is 2.53. The van der Waals surface area contributed by atoms with Gasteiger partial charge >= 0.3 is 0 Å². The van der Waals surface area contributed by atoms with Crippen molar-refractivity contribution in [3.63, 3.8) is 0 Å². The predicted molar refractivity (Wildman–Crippen MR) is 85.7 cm³/mol. The van der Waals surface area contributed by atoms with Crippen molar-refractivity contribution in [2.24, 2.45) is 0 Å². The number of carbonyl (C=O) groups is 1. The Balaban J connectivity index is 1.95. The molecule has 4 heteroatoms. The molecule has 2 atom stereocenters. The molecule has 21 heavy (non-hydrogen) atoms. The average molecular weight is 290 g/mol. The van der Waals surface area contributed by atoms with Gasteiger partial charge in [-0.1, -0.05) is 19.9 Å². The first-order chi connectivity index (χ1) is 10.2. The molecule has 116 valence electrons. The quantitative estimate of drug-likeness (QED) is 0.846. The number of amides is 1. The number of anilines is 1. The van der Waals surface area contributed by atoms with Crippen molar-refractivity contribution in [2.75, 3.05) is 18.5 Å². The summed E-state index contributed by atoms with van der Waals surface area (Å²) in [6, 6.07) is 8.17. The molecule has 0 aliphatic carbocycles. The van der Waals surface area contributed by atoms with Crippen LogP contribution in [0.3, 0.4) is 0 Å². The van der Waals surface area contributed by atoms with Gasteiger partial charge in [0, 0.05) is 30.4 Å². The van der Waals surface area contributed by atoms with E-state index < -0.39 is 0 Å². The monoisotopic (exact) mass is 290 g/mol. The van der Waals surface area contributed by atoms with Crippen molar-refractivity contribution in [3.8, 4) is 0 Å². The van der Waals surface area contributed by atoms with Crippen LogP contribution in [-0.2, 0) is 4.74 Å². The van der Waals surface area contributed by atoms with E-state index in [0.717, 1.165) is 38.0 Å². The molecule has 4 nitrogen and oxygen atoms in total. The predicted octanol–water partition coefficient (Wildman–Crippen LogP) is 3.20. The third-order valence-electron chi connectivity index (χ3n) is 3.85. The normalized spacial score (nSPS) is 21.8. The fraction of sp³-hybridized carbons (Fsp3) is 0.588. The van der Waals surface area contributed by atoms with Crippen LogP contribution in [0.4, 0.5) is 5.69 Å². The molecule has 1 heterocycles. The smallest absolute Gasteiger partial charge is 0.251 e. The summed E-state index contributed by atoms with van der Waals surface area (Å²) in [5.74, 6) is -0.00101. The van der Waals surface area contributed by atoms with Gasteiger partial charge in [-0.15, -0.1) is 0 Å². The molecular weight excluding hydrogens is 264 g/mol. The van der Waals surface area contributed by atoms with Crippen LogP contribution in [0.15, 0.2) is 24.3 Å². The van der Waals surface area contributed by atoms with Gasteiger partial charge in [-0.05, 0) is 43.9 Å². The van der Waals surface area contributed by atoms with E-state index in [1.165, 1.54) is 0 Å². The van der Waals surface area contributed by atoms with Crippen LogP contribution < -0.4 is 10.6 Å². The molecule has 0 radical (unpaired) electrons. The molecule has 1 fully saturated rings. The number of benzene rings is 1. The Labute approximate surface area is 127 Å². The lowest BCUT2D eigenvalue weighted by atomic mass is 10.0. The summed E-state index contributed by atoms with van der Waals surface area (Å²) >= 11 is 0. The molecule has 1 aromatic rings. The zero-order chi connectivity index (χ0) is 15.1. The molecule has 2 N–H and O–H groups in total. The molecule has 1 amide bonds. The highest BCUT2D eigenvalue weighted by Crippen LogP contribution is 2.21. The van der Waals surface area contributed by atoms with Gasteiger partial charge in [-0.3, -0.25) is 4.79 Å². The molecular formula is C17H26N2O2. The second kappa shape index (κ2) is 8.03. The summed E-state index contributed by atoms with van der Waals surface area (Å²) in [4.78, 5) is 12.0. The van der Waals surface area contributed by atoms with E-state index in [1.54, 1.807) is 0 Å². The number of ether oxygens (including phenoxy) is 1. The second-order valence-corrected chi connectivity index (χ2v) is 5.60. The van der Waals surface area contributed by atoms with Crippen LogP contribution in [0.5, 0.6) is 0 Å². The lowest BCUT2D eigenvalue weighted by molar-refractivity contribution is 0.00925. The second-order valence-electron chi connectivity index (χ2n) is 5.60. The summed E-state index contributed by atoms with van der Waals surface area (Å²) in [5, 5.41) is 6.45. The Morgan fingerprint density at radius 3 is 3.00 bits per heavy atom. The van der Waals surface area contributed by atoms with E-state index in [2.05, 4.69) is 17.6 Å². The van der Waals surface area contributed by atoms with Gasteiger partial charge in [0.25, 0.3) is 5.91 Å². The van der Waals surface area contributed by atoms with E-state index >= 15 is 0 Å². The van der Waals surface area contributed by atoms with Crippen LogP contribution >= 0.6 is 0 Å². The number of hydrogen-bond donors (Lipinski definition) is 2. The fourth-order valence-corrected chi connectivity index (χ4v) is 2.62. The fourth-order valence-electron chi connectivity index (χ4n) is 2.62. The molecule has 1 aliphatic rings. The van der Waals surface area contributed by atoms with Crippen molar-refractivity contribution >= 4 is 11.6 Å². The Morgan fingerprint density at radius 1 is 1.38 bits per heavy atom. The first-order valence-corrected chi connectivity index (χ1v) is 7.99. The first kappa shape index (κ1) is 15.8. The van der Waals surface area contributed by atoms with E-state index in [9.17, 15) is 4.79 Å². The summed E-state index contributed by atoms with van der Waals surface area (Å²) in [7, 11) is 0. The highest BCUT2D eigenvalue weighted by Gasteiger charge is 2.21. The Kier molecular flexibility index (Phi) is 6.05. The maximum absolute atomic E-state index is 12.0. The lowest BCUT2D eigenvalue weighted by Crippen LogP contribution is -2.33. The van der Waals surface area contributed by atoms with E-state index in [4.69, 9.17) is 4.74 Å². The molecule has 1 aromatic carbocycles. The van der Waals surface area contributed by atoms with Gasteiger partial charge in [-0.25, -0.2) is 0 Å². The SMILES string of the molecule is CCCNC(=O)c1cccc(NC2CCOC(CC)C2)c1. The van der Waals surface area contributed by atoms with E-state index in [0.29, 0.717) is 24.3 Å². The van der Waals surface area contributed by atoms with Crippen LogP contribution in [0.1, 0.15) is 49.9 Å². The third kappa shape index (κ3) is 4.74. The van der Waals surface area contributed by atoms with Crippen molar-refractivity contribution in [2.45, 2.75) is 51.7 Å². The van der Waals surface area contributed by atoms with Crippen molar-refractivity contribution in [3.05, 3.63) is 29.8 Å². The Morgan fingerprint density at radius 2 is 2.24 bits per heavy atom. The first-order valence-electron chi connectivity index (χ1n) is 7.99. The van der Waals surface area contributed by atoms with E-state index in [1.807, 2.05) is 31.2 Å². The Bertz CT molecular complexity index is 462. The van der Waals surface area contributed by atoms with Crippen LogP contribution in [0.2, 0.25) is 0 Å². The van der Waals surface area contributed by atoms with E-state index in [-0.39, 0.29) is 5.91 Å². The van der Waals surface area contributed by atoms with Crippen molar-refractivity contribution in [1.82, 2.24) is 5.32 Å². The number of hydrogen-bond acceptors (Lipinski definition) is 3. The largest absolute Gasteiger partial charge is 0.382 e. The molecule has 0 spiro atoms. The molecule has 0 aromatic heterocycles. The van der Waals surface area contributed by atoms with Gasteiger partial charge in [0.05, 0.1) is 6.10 Å². The highest BCUT2D eigenvalue weighted by molar-refractivity contribution is 5.95. The number of nitrogens with one attached hydrogen (secondary N) is 2. The third-order valence-corrected chi connectivity index (χ3v) is 3.85. The molecule has 0 saturated carbocycles. The highest BCUT2D eigenvalue weighted by atomic mass is 16.5. The van der Waals surface area contributed by atoms with Gasteiger partial charge in [0.2, 0.25) is 0 Å². The molecule has 1 aliphatic heterocycles. The summed E-state index contributed by atoms with van der Waals surface area (Å²) in [6.07, 6.45) is 4.40. The molecule has 2 unspecified atom stereocenters. The van der Waals surface area contributed by atoms with Crippen molar-refractivity contribution < 1.29 is 9.53 Å². The van der Waals surface area contributed by atoms with Gasteiger partial charge < -0.3 is 15.4 Å². The standard InChI is InChI=1S/C17H26N2O2/c1-3-9-18-17(20)13-6-5-7-14(11-13)19-15-8-10-21-16(4-2)12-15/h5-7,11,15-16,19H,3-4,8-10,12H2,1-2H3,(H,18,20). The summed E-state index contributed by atoms with van der Waals surface area (Å²) in [5.41, 5.74) is 1.73.